The van der Waals surface area contributed by atoms with Gasteiger partial charge >= 0.3 is 0 Å². The van der Waals surface area contributed by atoms with E-state index in [-0.39, 0.29) is 0 Å². The monoisotopic (exact) mass is 379 g/mol. The summed E-state index contributed by atoms with van der Waals surface area (Å²) in [6.07, 6.45) is 35.8. The average molecular weight is 380 g/mol. The van der Waals surface area contributed by atoms with Gasteiger partial charge in [0.05, 0.1) is 0 Å². The molecule has 0 fully saturated rings. The van der Waals surface area contributed by atoms with Crippen LogP contribution in [0.4, 0.5) is 0 Å². The molecule has 0 rings (SSSR count). The molecule has 0 aliphatic heterocycles. The van der Waals surface area contributed by atoms with Crippen LogP contribution in [0.25, 0.3) is 0 Å². The smallest absolute Gasteiger partial charge is 0.00773 e. The molecule has 0 aromatic rings. The Morgan fingerprint density at radius 2 is 0.704 bits per heavy atom. The summed E-state index contributed by atoms with van der Waals surface area (Å²) in [5.41, 5.74) is 5.51. The van der Waals surface area contributed by atoms with Crippen LogP contribution in [0.15, 0.2) is 12.2 Å². The Morgan fingerprint density at radius 3 is 1.04 bits per heavy atom. The van der Waals surface area contributed by atoms with Crippen LogP contribution >= 0.6 is 0 Å². The van der Waals surface area contributed by atoms with E-state index in [9.17, 15) is 0 Å². The summed E-state index contributed by atoms with van der Waals surface area (Å²) in [5.74, 6) is 0. The van der Waals surface area contributed by atoms with Gasteiger partial charge in [-0.05, 0) is 38.6 Å². The van der Waals surface area contributed by atoms with Crippen molar-refractivity contribution in [1.82, 2.24) is 0 Å². The molecule has 0 aliphatic rings. The molecule has 0 bridgehead atoms. The molecule has 27 heavy (non-hydrogen) atoms. The van der Waals surface area contributed by atoms with Crippen molar-refractivity contribution in [3.63, 3.8) is 0 Å². The van der Waals surface area contributed by atoms with Crippen LogP contribution in [0.2, 0.25) is 0 Å². The Kier molecular flexibility index (Phi) is 25.4. The SMILES string of the molecule is CCCCCCCCCCCCCCCC/C=C\CCCCCCCCN. The first kappa shape index (κ1) is 26.7. The van der Waals surface area contributed by atoms with Crippen molar-refractivity contribution >= 4 is 0 Å². The Bertz CT molecular complexity index is 271. The van der Waals surface area contributed by atoms with E-state index in [4.69, 9.17) is 5.73 Å². The lowest BCUT2D eigenvalue weighted by Gasteiger charge is -2.03. The summed E-state index contributed by atoms with van der Waals surface area (Å²) in [4.78, 5) is 0. The van der Waals surface area contributed by atoms with Gasteiger partial charge in [0.25, 0.3) is 0 Å². The minimum Gasteiger partial charge on any atom is -0.330 e. The van der Waals surface area contributed by atoms with E-state index in [0.29, 0.717) is 0 Å². The first-order valence-electron chi connectivity index (χ1n) is 12.8. The van der Waals surface area contributed by atoms with Crippen LogP contribution in [-0.2, 0) is 0 Å². The van der Waals surface area contributed by atoms with Crippen molar-refractivity contribution in [2.24, 2.45) is 5.73 Å². The third-order valence-electron chi connectivity index (χ3n) is 5.72. The second-order valence-electron chi connectivity index (χ2n) is 8.55. The molecule has 0 amide bonds. The van der Waals surface area contributed by atoms with Crippen molar-refractivity contribution in [3.05, 3.63) is 12.2 Å². The Labute approximate surface area is 173 Å². The predicted molar refractivity (Wildman–Crippen MR) is 125 cm³/mol. The second-order valence-corrected chi connectivity index (χ2v) is 8.55. The molecule has 0 atom stereocenters. The van der Waals surface area contributed by atoms with Gasteiger partial charge in [-0.25, -0.2) is 0 Å². The van der Waals surface area contributed by atoms with Crippen molar-refractivity contribution in [2.75, 3.05) is 6.54 Å². The fraction of sp³-hybridized carbons (Fsp3) is 0.923. The van der Waals surface area contributed by atoms with Gasteiger partial charge in [0.1, 0.15) is 0 Å². The number of hydrogen-bond acceptors (Lipinski definition) is 1. The molecule has 0 unspecified atom stereocenters. The standard InChI is InChI=1S/C26H53N/c1-2-3-4-5-6-7-8-9-10-11-12-13-14-15-16-17-18-19-20-21-22-23-24-25-26-27/h17-18H,2-16,19-27H2,1H3/b18-17-. The number of nitrogens with two attached hydrogens (primary N) is 1. The van der Waals surface area contributed by atoms with Gasteiger partial charge in [0.2, 0.25) is 0 Å². The Morgan fingerprint density at radius 1 is 0.407 bits per heavy atom. The van der Waals surface area contributed by atoms with Gasteiger partial charge in [0, 0.05) is 0 Å². The van der Waals surface area contributed by atoms with Gasteiger partial charge in [-0.3, -0.25) is 0 Å². The van der Waals surface area contributed by atoms with Crippen LogP contribution < -0.4 is 5.73 Å². The summed E-state index contributed by atoms with van der Waals surface area (Å²) in [5, 5.41) is 0. The number of hydrogen-bond donors (Lipinski definition) is 1. The molecular formula is C26H53N. The first-order valence-corrected chi connectivity index (χ1v) is 12.8. The van der Waals surface area contributed by atoms with E-state index in [2.05, 4.69) is 19.1 Å². The zero-order valence-corrected chi connectivity index (χ0v) is 19.0. The quantitative estimate of drug-likeness (QED) is 0.139. The van der Waals surface area contributed by atoms with Gasteiger partial charge < -0.3 is 5.73 Å². The maximum absolute atomic E-state index is 5.51. The van der Waals surface area contributed by atoms with E-state index >= 15 is 0 Å². The van der Waals surface area contributed by atoms with Gasteiger partial charge in [-0.1, -0.05) is 128 Å². The lowest BCUT2D eigenvalue weighted by molar-refractivity contribution is 0.536. The van der Waals surface area contributed by atoms with Crippen molar-refractivity contribution in [2.45, 2.75) is 148 Å². The Hall–Kier alpha value is -0.300. The maximum atomic E-state index is 5.51. The van der Waals surface area contributed by atoms with Gasteiger partial charge in [0.15, 0.2) is 0 Å². The highest BCUT2D eigenvalue weighted by Gasteiger charge is 1.94. The zero-order chi connectivity index (χ0) is 19.7. The fourth-order valence-electron chi connectivity index (χ4n) is 3.81. The Balaban J connectivity index is 3.04. The number of allylic oxidation sites excluding steroid dienone is 2. The van der Waals surface area contributed by atoms with E-state index in [1.165, 1.54) is 141 Å². The topological polar surface area (TPSA) is 26.0 Å². The highest BCUT2D eigenvalue weighted by molar-refractivity contribution is 4.81. The molecule has 162 valence electrons. The maximum Gasteiger partial charge on any atom is -0.00773 e. The molecule has 0 saturated carbocycles. The highest BCUT2D eigenvalue weighted by atomic mass is 14.5. The first-order chi connectivity index (χ1) is 13.4. The highest BCUT2D eigenvalue weighted by Crippen LogP contribution is 2.13. The number of unbranched alkanes of at least 4 members (excludes halogenated alkanes) is 20. The molecule has 0 aromatic carbocycles. The molecule has 0 aliphatic carbocycles. The van der Waals surface area contributed by atoms with Crippen molar-refractivity contribution < 1.29 is 0 Å². The zero-order valence-electron chi connectivity index (χ0n) is 19.0. The summed E-state index contributed by atoms with van der Waals surface area (Å²) in [7, 11) is 0. The molecule has 1 nitrogen and oxygen atoms in total. The molecule has 0 saturated heterocycles. The van der Waals surface area contributed by atoms with E-state index in [1.807, 2.05) is 0 Å². The summed E-state index contributed by atoms with van der Waals surface area (Å²) in [6, 6.07) is 0. The van der Waals surface area contributed by atoms with Crippen LogP contribution in [-0.4, -0.2) is 6.54 Å². The minimum atomic E-state index is 0.863. The molecule has 1 heteroatoms. The van der Waals surface area contributed by atoms with Crippen molar-refractivity contribution in [3.8, 4) is 0 Å². The van der Waals surface area contributed by atoms with Gasteiger partial charge in [-0.2, -0.15) is 0 Å². The lowest BCUT2D eigenvalue weighted by atomic mass is 10.0. The normalized spacial score (nSPS) is 11.6. The summed E-state index contributed by atoms with van der Waals surface area (Å²) < 4.78 is 0. The third kappa shape index (κ3) is 25.7. The molecule has 0 spiro atoms. The van der Waals surface area contributed by atoms with Gasteiger partial charge in [-0.15, -0.1) is 0 Å². The number of rotatable bonds is 23. The summed E-state index contributed by atoms with van der Waals surface area (Å²) in [6.45, 7) is 3.16. The van der Waals surface area contributed by atoms with Crippen molar-refractivity contribution in [1.29, 1.82) is 0 Å². The van der Waals surface area contributed by atoms with E-state index < -0.39 is 0 Å². The van der Waals surface area contributed by atoms with E-state index in [1.54, 1.807) is 0 Å². The molecule has 0 aromatic heterocycles. The van der Waals surface area contributed by atoms with E-state index in [0.717, 1.165) is 6.54 Å². The van der Waals surface area contributed by atoms with Crippen LogP contribution in [0.3, 0.4) is 0 Å². The second kappa shape index (κ2) is 25.7. The molecule has 0 radical (unpaired) electrons. The van der Waals surface area contributed by atoms with Crippen LogP contribution in [0.5, 0.6) is 0 Å². The molecule has 2 N–H and O–H groups in total. The van der Waals surface area contributed by atoms with Crippen LogP contribution in [0.1, 0.15) is 148 Å². The molecule has 0 heterocycles. The average Bonchev–Trinajstić information content (AvgIpc) is 2.68. The predicted octanol–water partition coefficient (Wildman–Crippen LogP) is 9.10. The van der Waals surface area contributed by atoms with Crippen LogP contribution in [0, 0.1) is 0 Å². The fourth-order valence-corrected chi connectivity index (χ4v) is 3.81. The summed E-state index contributed by atoms with van der Waals surface area (Å²) >= 11 is 0. The lowest BCUT2D eigenvalue weighted by Crippen LogP contribution is -1.97. The largest absolute Gasteiger partial charge is 0.330 e. The minimum absolute atomic E-state index is 0.863. The molecular weight excluding hydrogens is 326 g/mol. The third-order valence-corrected chi connectivity index (χ3v) is 5.72.